The van der Waals surface area contributed by atoms with Gasteiger partial charge in [-0.15, -0.1) is 0 Å². The number of halogens is 1. The maximum Gasteiger partial charge on any atom is 0.159 e. The summed E-state index contributed by atoms with van der Waals surface area (Å²) < 4.78 is 24.7. The van der Waals surface area contributed by atoms with Gasteiger partial charge in [0.15, 0.2) is 5.82 Å². The highest BCUT2D eigenvalue weighted by molar-refractivity contribution is 5.55. The van der Waals surface area contributed by atoms with E-state index in [1.807, 2.05) is 36.7 Å². The second-order valence-corrected chi connectivity index (χ2v) is 8.91. The highest BCUT2D eigenvalue weighted by Crippen LogP contribution is 2.20. The SMILES string of the molecule is CCCCCCCCCc1cnc(-c2ccc(OCC(F)CCCCCCOC)cc2)nc1. The fourth-order valence-electron chi connectivity index (χ4n) is 3.86. The van der Waals surface area contributed by atoms with Crippen LogP contribution in [0, 0.1) is 0 Å². The van der Waals surface area contributed by atoms with Gasteiger partial charge in [0.1, 0.15) is 18.5 Å². The molecule has 5 heteroatoms. The molecule has 0 radical (unpaired) electrons. The Labute approximate surface area is 200 Å². The molecule has 0 fully saturated rings. The first-order chi connectivity index (χ1) is 16.2. The van der Waals surface area contributed by atoms with Crippen LogP contribution in [-0.4, -0.2) is 36.5 Å². The van der Waals surface area contributed by atoms with Crippen molar-refractivity contribution in [2.24, 2.45) is 0 Å². The van der Waals surface area contributed by atoms with Crippen molar-refractivity contribution in [3.63, 3.8) is 0 Å². The van der Waals surface area contributed by atoms with Crippen LogP contribution in [0.3, 0.4) is 0 Å². The van der Waals surface area contributed by atoms with E-state index in [9.17, 15) is 4.39 Å². The minimum Gasteiger partial charge on any atom is -0.491 e. The third kappa shape index (κ3) is 12.1. The van der Waals surface area contributed by atoms with Crippen molar-refractivity contribution in [3.8, 4) is 17.1 Å². The number of alkyl halides is 1. The molecule has 184 valence electrons. The average molecular weight is 459 g/mol. The third-order valence-corrected chi connectivity index (χ3v) is 5.93. The van der Waals surface area contributed by atoms with Gasteiger partial charge in [-0.25, -0.2) is 14.4 Å². The largest absolute Gasteiger partial charge is 0.491 e. The zero-order valence-corrected chi connectivity index (χ0v) is 20.7. The van der Waals surface area contributed by atoms with Crippen LogP contribution in [0.15, 0.2) is 36.7 Å². The van der Waals surface area contributed by atoms with E-state index >= 15 is 0 Å². The van der Waals surface area contributed by atoms with Gasteiger partial charge >= 0.3 is 0 Å². The Kier molecular flexibility index (Phi) is 14.4. The van der Waals surface area contributed by atoms with Gasteiger partial charge in [-0.2, -0.15) is 0 Å². The fraction of sp³-hybridized carbons (Fsp3) is 0.643. The highest BCUT2D eigenvalue weighted by Gasteiger charge is 2.08. The molecule has 0 aliphatic heterocycles. The lowest BCUT2D eigenvalue weighted by Gasteiger charge is -2.11. The van der Waals surface area contributed by atoms with Crippen molar-refractivity contribution in [2.75, 3.05) is 20.3 Å². The monoisotopic (exact) mass is 458 g/mol. The standard InChI is InChI=1S/C28H43FN2O2/c1-3-4-5-6-7-8-11-14-24-21-30-28(31-22-24)25-16-18-27(19-17-25)33-23-26(29)15-12-9-10-13-20-32-2/h16-19,21-22,26H,3-15,20,23H2,1-2H3. The minimum absolute atomic E-state index is 0.0984. The summed E-state index contributed by atoms with van der Waals surface area (Å²) in [5.74, 6) is 1.39. The first kappa shape index (κ1) is 27.2. The molecule has 33 heavy (non-hydrogen) atoms. The molecular formula is C28H43FN2O2. The Balaban J connectivity index is 1.65. The Bertz CT molecular complexity index is 722. The van der Waals surface area contributed by atoms with E-state index < -0.39 is 6.17 Å². The number of unbranched alkanes of at least 4 members (excludes halogenated alkanes) is 9. The van der Waals surface area contributed by atoms with Gasteiger partial charge in [0.25, 0.3) is 0 Å². The van der Waals surface area contributed by atoms with Crippen LogP contribution in [0.2, 0.25) is 0 Å². The van der Waals surface area contributed by atoms with E-state index in [4.69, 9.17) is 9.47 Å². The number of ether oxygens (including phenoxy) is 2. The van der Waals surface area contributed by atoms with Crippen LogP contribution in [0.1, 0.15) is 89.5 Å². The molecule has 2 aromatic rings. The molecule has 0 aliphatic rings. The Morgan fingerprint density at radius 2 is 1.45 bits per heavy atom. The lowest BCUT2D eigenvalue weighted by molar-refractivity contribution is 0.180. The summed E-state index contributed by atoms with van der Waals surface area (Å²) >= 11 is 0. The van der Waals surface area contributed by atoms with Gasteiger partial charge < -0.3 is 9.47 Å². The molecule has 1 unspecified atom stereocenters. The zero-order valence-electron chi connectivity index (χ0n) is 20.7. The lowest BCUT2D eigenvalue weighted by atomic mass is 10.1. The molecule has 0 saturated carbocycles. The molecule has 0 saturated heterocycles. The molecule has 2 rings (SSSR count). The van der Waals surface area contributed by atoms with Crippen LogP contribution in [-0.2, 0) is 11.2 Å². The van der Waals surface area contributed by atoms with Crippen LogP contribution >= 0.6 is 0 Å². The molecule has 4 nitrogen and oxygen atoms in total. The van der Waals surface area contributed by atoms with E-state index in [-0.39, 0.29) is 6.61 Å². The molecule has 0 bridgehead atoms. The second kappa shape index (κ2) is 17.5. The van der Waals surface area contributed by atoms with E-state index in [2.05, 4.69) is 16.9 Å². The molecule has 1 aromatic heterocycles. The van der Waals surface area contributed by atoms with Crippen LogP contribution in [0.4, 0.5) is 4.39 Å². The topological polar surface area (TPSA) is 44.2 Å². The van der Waals surface area contributed by atoms with Crippen molar-refractivity contribution in [1.82, 2.24) is 9.97 Å². The molecule has 1 aromatic carbocycles. The van der Waals surface area contributed by atoms with Gasteiger partial charge in [-0.3, -0.25) is 0 Å². The molecule has 1 heterocycles. The number of benzene rings is 1. The quantitative estimate of drug-likeness (QED) is 0.202. The van der Waals surface area contributed by atoms with E-state index in [0.717, 1.165) is 44.3 Å². The van der Waals surface area contributed by atoms with Crippen molar-refractivity contribution in [3.05, 3.63) is 42.2 Å². The maximum absolute atomic E-state index is 14.1. The summed E-state index contributed by atoms with van der Waals surface area (Å²) in [7, 11) is 1.71. The van der Waals surface area contributed by atoms with Crippen molar-refractivity contribution in [1.29, 1.82) is 0 Å². The molecule has 0 aliphatic carbocycles. The van der Waals surface area contributed by atoms with Crippen molar-refractivity contribution < 1.29 is 13.9 Å². The minimum atomic E-state index is -0.931. The Morgan fingerprint density at radius 1 is 0.818 bits per heavy atom. The normalized spacial score (nSPS) is 12.1. The Morgan fingerprint density at radius 3 is 2.15 bits per heavy atom. The van der Waals surface area contributed by atoms with Gasteiger partial charge in [-0.05, 0) is 55.5 Å². The summed E-state index contributed by atoms with van der Waals surface area (Å²) in [6, 6.07) is 7.60. The van der Waals surface area contributed by atoms with Gasteiger partial charge in [0.05, 0.1) is 0 Å². The molecule has 1 atom stereocenters. The number of methoxy groups -OCH3 is 1. The van der Waals surface area contributed by atoms with Gasteiger partial charge in [0, 0.05) is 31.7 Å². The first-order valence-electron chi connectivity index (χ1n) is 12.9. The first-order valence-corrected chi connectivity index (χ1v) is 12.9. The van der Waals surface area contributed by atoms with Gasteiger partial charge in [0.2, 0.25) is 0 Å². The average Bonchev–Trinajstić information content (AvgIpc) is 2.85. The van der Waals surface area contributed by atoms with Crippen molar-refractivity contribution in [2.45, 2.75) is 96.6 Å². The van der Waals surface area contributed by atoms with Gasteiger partial charge in [-0.1, -0.05) is 64.7 Å². The summed E-state index contributed by atoms with van der Waals surface area (Å²) in [6.45, 7) is 3.14. The van der Waals surface area contributed by atoms with Crippen LogP contribution in [0.25, 0.3) is 11.4 Å². The number of hydrogen-bond donors (Lipinski definition) is 0. The maximum atomic E-state index is 14.1. The smallest absolute Gasteiger partial charge is 0.159 e. The molecular weight excluding hydrogens is 415 g/mol. The number of nitrogens with zero attached hydrogens (tertiary/aromatic N) is 2. The van der Waals surface area contributed by atoms with Crippen LogP contribution < -0.4 is 4.74 Å². The fourth-order valence-corrected chi connectivity index (χ4v) is 3.86. The molecule has 0 N–H and O–H groups in total. The van der Waals surface area contributed by atoms with E-state index in [1.54, 1.807) is 7.11 Å². The predicted molar refractivity (Wildman–Crippen MR) is 135 cm³/mol. The van der Waals surface area contributed by atoms with E-state index in [0.29, 0.717) is 18.0 Å². The van der Waals surface area contributed by atoms with Crippen LogP contribution in [0.5, 0.6) is 5.75 Å². The van der Waals surface area contributed by atoms with E-state index in [1.165, 1.54) is 50.5 Å². The summed E-state index contributed by atoms with van der Waals surface area (Å²) in [4.78, 5) is 9.07. The number of hydrogen-bond acceptors (Lipinski definition) is 4. The lowest BCUT2D eigenvalue weighted by Crippen LogP contribution is -2.12. The predicted octanol–water partition coefficient (Wildman–Crippen LogP) is 7.75. The highest BCUT2D eigenvalue weighted by atomic mass is 19.1. The second-order valence-electron chi connectivity index (χ2n) is 8.91. The number of rotatable bonds is 19. The Hall–Kier alpha value is -2.01. The summed E-state index contributed by atoms with van der Waals surface area (Å²) in [6.07, 6.45) is 17.8. The van der Waals surface area contributed by atoms with Crippen molar-refractivity contribution >= 4 is 0 Å². The summed E-state index contributed by atoms with van der Waals surface area (Å²) in [5, 5.41) is 0. The third-order valence-electron chi connectivity index (χ3n) is 5.93. The number of aromatic nitrogens is 2. The number of aryl methyl sites for hydroxylation is 1. The summed E-state index contributed by atoms with van der Waals surface area (Å²) in [5.41, 5.74) is 2.14. The zero-order chi connectivity index (χ0) is 23.6. The molecule has 0 amide bonds. The molecule has 0 spiro atoms.